The first-order valence-electron chi connectivity index (χ1n) is 6.22. The van der Waals surface area contributed by atoms with Gasteiger partial charge in [0.2, 0.25) is 0 Å². The SMILES string of the molecule is COc1ccc(C=CC(=O)Oc2cc(C)oc(=O)c2)cc1. The smallest absolute Gasteiger partial charge is 0.339 e. The molecule has 0 amide bonds. The highest BCUT2D eigenvalue weighted by Crippen LogP contribution is 2.13. The standard InChI is InChI=1S/C16H14O5/c1-11-9-14(10-16(18)20-11)21-15(17)8-5-12-3-6-13(19-2)7-4-12/h3-10H,1-2H3. The van der Waals surface area contributed by atoms with E-state index < -0.39 is 11.6 Å². The molecule has 1 aromatic carbocycles. The Labute approximate surface area is 121 Å². The van der Waals surface area contributed by atoms with E-state index in [1.807, 2.05) is 12.1 Å². The van der Waals surface area contributed by atoms with Crippen LogP contribution in [-0.4, -0.2) is 13.1 Å². The van der Waals surface area contributed by atoms with Crippen molar-refractivity contribution in [1.82, 2.24) is 0 Å². The predicted octanol–water partition coefficient (Wildman–Crippen LogP) is 2.58. The summed E-state index contributed by atoms with van der Waals surface area (Å²) in [7, 11) is 1.58. The van der Waals surface area contributed by atoms with Crippen LogP contribution in [0.1, 0.15) is 11.3 Å². The second-order valence-electron chi connectivity index (χ2n) is 4.25. The van der Waals surface area contributed by atoms with Gasteiger partial charge < -0.3 is 13.9 Å². The summed E-state index contributed by atoms with van der Waals surface area (Å²) in [5, 5.41) is 0. The topological polar surface area (TPSA) is 65.7 Å². The lowest BCUT2D eigenvalue weighted by atomic mass is 10.2. The van der Waals surface area contributed by atoms with E-state index in [1.54, 1.807) is 32.2 Å². The molecule has 0 spiro atoms. The van der Waals surface area contributed by atoms with Crippen molar-refractivity contribution in [3.05, 3.63) is 64.2 Å². The average molecular weight is 286 g/mol. The van der Waals surface area contributed by atoms with Gasteiger partial charge in [-0.15, -0.1) is 0 Å². The summed E-state index contributed by atoms with van der Waals surface area (Å²) in [5.41, 5.74) is 0.272. The van der Waals surface area contributed by atoms with Gasteiger partial charge in [-0.25, -0.2) is 9.59 Å². The lowest BCUT2D eigenvalue weighted by Gasteiger charge is -2.01. The number of rotatable bonds is 4. The van der Waals surface area contributed by atoms with E-state index in [2.05, 4.69) is 0 Å². The molecule has 1 aromatic heterocycles. The molecule has 0 bridgehead atoms. The van der Waals surface area contributed by atoms with E-state index in [0.29, 0.717) is 5.76 Å². The van der Waals surface area contributed by atoms with E-state index in [4.69, 9.17) is 13.9 Å². The molecule has 0 aliphatic heterocycles. The Morgan fingerprint density at radius 2 is 1.86 bits per heavy atom. The number of hydrogen-bond acceptors (Lipinski definition) is 5. The molecule has 5 heteroatoms. The molecule has 0 radical (unpaired) electrons. The van der Waals surface area contributed by atoms with Gasteiger partial charge >= 0.3 is 11.6 Å². The van der Waals surface area contributed by atoms with Gasteiger partial charge in [0, 0.05) is 12.1 Å². The minimum Gasteiger partial charge on any atom is -0.497 e. The zero-order chi connectivity index (χ0) is 15.2. The number of methoxy groups -OCH3 is 1. The summed E-state index contributed by atoms with van der Waals surface area (Å²) in [4.78, 5) is 22.8. The maximum absolute atomic E-state index is 11.7. The third-order valence-electron chi connectivity index (χ3n) is 2.61. The molecule has 0 unspecified atom stereocenters. The summed E-state index contributed by atoms with van der Waals surface area (Å²) in [6.45, 7) is 1.60. The van der Waals surface area contributed by atoms with Crippen molar-refractivity contribution in [2.45, 2.75) is 6.92 Å². The molecule has 0 saturated carbocycles. The Morgan fingerprint density at radius 1 is 1.14 bits per heavy atom. The zero-order valence-corrected chi connectivity index (χ0v) is 11.7. The fourth-order valence-electron chi connectivity index (χ4n) is 1.66. The Bertz CT molecular complexity index is 710. The maximum atomic E-state index is 11.7. The van der Waals surface area contributed by atoms with Gasteiger partial charge in [0.25, 0.3) is 0 Å². The summed E-state index contributed by atoms with van der Waals surface area (Å²) >= 11 is 0. The van der Waals surface area contributed by atoms with Gasteiger partial charge in [0.05, 0.1) is 13.2 Å². The van der Waals surface area contributed by atoms with Crippen molar-refractivity contribution in [2.75, 3.05) is 7.11 Å². The molecule has 0 aliphatic carbocycles. The van der Waals surface area contributed by atoms with Crippen LogP contribution in [0, 0.1) is 6.92 Å². The first-order valence-corrected chi connectivity index (χ1v) is 6.22. The van der Waals surface area contributed by atoms with E-state index in [0.717, 1.165) is 17.4 Å². The predicted molar refractivity (Wildman–Crippen MR) is 77.4 cm³/mol. The highest BCUT2D eigenvalue weighted by Gasteiger charge is 2.03. The fourth-order valence-corrected chi connectivity index (χ4v) is 1.66. The Morgan fingerprint density at radius 3 is 2.48 bits per heavy atom. The van der Waals surface area contributed by atoms with E-state index >= 15 is 0 Å². The monoisotopic (exact) mass is 286 g/mol. The number of ether oxygens (including phenoxy) is 2. The van der Waals surface area contributed by atoms with E-state index in [1.165, 1.54) is 12.1 Å². The largest absolute Gasteiger partial charge is 0.497 e. The zero-order valence-electron chi connectivity index (χ0n) is 11.7. The third-order valence-corrected chi connectivity index (χ3v) is 2.61. The molecule has 2 aromatic rings. The van der Waals surface area contributed by atoms with E-state index in [-0.39, 0.29) is 5.75 Å². The molecule has 0 aliphatic rings. The second-order valence-corrected chi connectivity index (χ2v) is 4.25. The molecule has 5 nitrogen and oxygen atoms in total. The van der Waals surface area contributed by atoms with Crippen LogP contribution in [-0.2, 0) is 4.79 Å². The fraction of sp³-hybridized carbons (Fsp3) is 0.125. The van der Waals surface area contributed by atoms with Crippen LogP contribution in [0.3, 0.4) is 0 Å². The van der Waals surface area contributed by atoms with Gasteiger partial charge in [-0.2, -0.15) is 0 Å². The Hall–Kier alpha value is -2.82. The summed E-state index contributed by atoms with van der Waals surface area (Å²) in [5.74, 6) is 0.703. The first-order chi connectivity index (χ1) is 10.1. The Kier molecular flexibility index (Phi) is 4.56. The van der Waals surface area contributed by atoms with Crippen LogP contribution >= 0.6 is 0 Å². The molecule has 1 heterocycles. The van der Waals surface area contributed by atoms with Crippen LogP contribution in [0.4, 0.5) is 0 Å². The van der Waals surface area contributed by atoms with E-state index in [9.17, 15) is 9.59 Å². The van der Waals surface area contributed by atoms with Crippen molar-refractivity contribution in [2.24, 2.45) is 0 Å². The van der Waals surface area contributed by atoms with Crippen molar-refractivity contribution >= 4 is 12.0 Å². The van der Waals surface area contributed by atoms with Gasteiger partial charge in [0.1, 0.15) is 17.3 Å². The van der Waals surface area contributed by atoms with Crippen LogP contribution in [0.25, 0.3) is 6.08 Å². The second kappa shape index (κ2) is 6.56. The molecule has 0 atom stereocenters. The Balaban J connectivity index is 2.03. The third kappa shape index (κ3) is 4.35. The molecule has 21 heavy (non-hydrogen) atoms. The van der Waals surface area contributed by atoms with Crippen LogP contribution in [0.2, 0.25) is 0 Å². The molecule has 108 valence electrons. The normalized spacial score (nSPS) is 10.6. The highest BCUT2D eigenvalue weighted by molar-refractivity contribution is 5.88. The molecular weight excluding hydrogens is 272 g/mol. The van der Waals surface area contributed by atoms with Crippen molar-refractivity contribution in [3.8, 4) is 11.5 Å². The van der Waals surface area contributed by atoms with Gasteiger partial charge in [-0.3, -0.25) is 0 Å². The summed E-state index contributed by atoms with van der Waals surface area (Å²) < 4.78 is 14.8. The van der Waals surface area contributed by atoms with Gasteiger partial charge in [0.15, 0.2) is 0 Å². The molecular formula is C16H14O5. The minimum absolute atomic E-state index is 0.160. The van der Waals surface area contributed by atoms with Crippen LogP contribution < -0.4 is 15.1 Å². The number of aryl methyl sites for hydroxylation is 1. The van der Waals surface area contributed by atoms with Crippen molar-refractivity contribution in [3.63, 3.8) is 0 Å². The van der Waals surface area contributed by atoms with Crippen molar-refractivity contribution in [1.29, 1.82) is 0 Å². The summed E-state index contributed by atoms with van der Waals surface area (Å²) in [6, 6.07) is 9.79. The van der Waals surface area contributed by atoms with Gasteiger partial charge in [-0.1, -0.05) is 12.1 Å². The lowest BCUT2D eigenvalue weighted by Crippen LogP contribution is -2.07. The molecule has 2 rings (SSSR count). The van der Waals surface area contributed by atoms with Crippen LogP contribution in [0.15, 0.2) is 51.7 Å². The summed E-state index contributed by atoms with van der Waals surface area (Å²) in [6.07, 6.45) is 2.89. The highest BCUT2D eigenvalue weighted by atomic mass is 16.5. The number of carbonyl (C=O) groups excluding carboxylic acids is 1. The van der Waals surface area contributed by atoms with Crippen LogP contribution in [0.5, 0.6) is 11.5 Å². The lowest BCUT2D eigenvalue weighted by molar-refractivity contribution is -0.128. The van der Waals surface area contributed by atoms with Crippen molar-refractivity contribution < 1.29 is 18.7 Å². The number of esters is 1. The van der Waals surface area contributed by atoms with Gasteiger partial charge in [-0.05, 0) is 30.7 Å². The molecule has 0 N–H and O–H groups in total. The number of hydrogen-bond donors (Lipinski definition) is 0. The first kappa shape index (κ1) is 14.6. The minimum atomic E-state index is -0.573. The maximum Gasteiger partial charge on any atom is 0.339 e. The number of benzene rings is 1. The quantitative estimate of drug-likeness (QED) is 0.638. The number of carbonyl (C=O) groups is 1. The average Bonchev–Trinajstić information content (AvgIpc) is 2.44. The molecule has 0 fully saturated rings. The molecule has 0 saturated heterocycles.